The third kappa shape index (κ3) is 5.95. The van der Waals surface area contributed by atoms with Crippen LogP contribution in [0.1, 0.15) is 41.7 Å². The van der Waals surface area contributed by atoms with Crippen molar-refractivity contribution < 1.29 is 32.6 Å². The van der Waals surface area contributed by atoms with Crippen molar-refractivity contribution in [1.82, 2.24) is 24.3 Å². The number of nitrogen functional groups attached to an aromatic ring is 1. The van der Waals surface area contributed by atoms with Crippen LogP contribution in [0.3, 0.4) is 0 Å². The minimum atomic E-state index is -4.61. The van der Waals surface area contributed by atoms with Crippen LogP contribution >= 0.6 is 23.2 Å². The van der Waals surface area contributed by atoms with Crippen molar-refractivity contribution in [3.05, 3.63) is 69.9 Å². The summed E-state index contributed by atoms with van der Waals surface area (Å²) in [7, 11) is 0. The van der Waals surface area contributed by atoms with Crippen molar-refractivity contribution in [3.63, 3.8) is 0 Å². The fraction of sp³-hybridized carbons (Fsp3) is 0.296. The zero-order chi connectivity index (χ0) is 31.2. The number of imidazole rings is 1. The van der Waals surface area contributed by atoms with Gasteiger partial charge in [-0.25, -0.2) is 15.0 Å². The SMILES string of the molecule is C[C@H](O)C(=O)N1C[C@H](c2nc(-c3ccc(C(=O)Nc4cc(C(F)(F)F)ccn4)cc3Cl)c3c(N)ncc(Cl)n23)OC[C@@H]1C. The van der Waals surface area contributed by atoms with Crippen molar-refractivity contribution in [2.75, 3.05) is 24.2 Å². The minimum absolute atomic E-state index is 0.0395. The van der Waals surface area contributed by atoms with Gasteiger partial charge in [-0.15, -0.1) is 0 Å². The summed E-state index contributed by atoms with van der Waals surface area (Å²) in [6.07, 6.45) is -4.31. The van der Waals surface area contributed by atoms with E-state index in [-0.39, 0.29) is 52.3 Å². The third-order valence-electron chi connectivity index (χ3n) is 6.85. The van der Waals surface area contributed by atoms with E-state index in [2.05, 4.69) is 15.3 Å². The molecule has 11 nitrogen and oxygen atoms in total. The van der Waals surface area contributed by atoms with Crippen molar-refractivity contribution in [1.29, 1.82) is 0 Å². The highest BCUT2D eigenvalue weighted by atomic mass is 35.5. The molecule has 43 heavy (non-hydrogen) atoms. The summed E-state index contributed by atoms with van der Waals surface area (Å²) in [6, 6.07) is 5.43. The first-order chi connectivity index (χ1) is 20.3. The summed E-state index contributed by atoms with van der Waals surface area (Å²) in [5, 5.41) is 12.4. The molecule has 1 saturated heterocycles. The number of rotatable bonds is 5. The predicted molar refractivity (Wildman–Crippen MR) is 152 cm³/mol. The molecule has 0 saturated carbocycles. The summed E-state index contributed by atoms with van der Waals surface area (Å²) < 4.78 is 46.7. The second-order valence-electron chi connectivity index (χ2n) is 9.88. The normalized spacial score (nSPS) is 18.1. The number of aliphatic hydroxyl groups excluding tert-OH is 1. The number of aromatic nitrogens is 4. The van der Waals surface area contributed by atoms with Crippen LogP contribution < -0.4 is 11.1 Å². The maximum atomic E-state index is 13.1. The number of nitrogens with one attached hydrogen (secondary N) is 1. The molecule has 1 aliphatic heterocycles. The molecule has 1 fully saturated rings. The van der Waals surface area contributed by atoms with Gasteiger partial charge in [0, 0.05) is 17.3 Å². The van der Waals surface area contributed by atoms with Gasteiger partial charge in [0.2, 0.25) is 0 Å². The lowest BCUT2D eigenvalue weighted by molar-refractivity contribution is -0.152. The summed E-state index contributed by atoms with van der Waals surface area (Å²) >= 11 is 13.1. The Hall–Kier alpha value is -3.98. The quantitative estimate of drug-likeness (QED) is 0.287. The molecule has 226 valence electrons. The molecule has 4 aromatic rings. The molecule has 4 heterocycles. The number of hydrogen-bond donors (Lipinski definition) is 3. The van der Waals surface area contributed by atoms with Crippen LogP contribution in [0, 0.1) is 0 Å². The molecule has 3 aromatic heterocycles. The smallest absolute Gasteiger partial charge is 0.384 e. The Bertz CT molecular complexity index is 1730. The monoisotopic (exact) mass is 637 g/mol. The Morgan fingerprint density at radius 2 is 1.95 bits per heavy atom. The number of amides is 2. The molecule has 0 radical (unpaired) electrons. The Balaban J connectivity index is 1.50. The molecule has 0 aliphatic carbocycles. The van der Waals surface area contributed by atoms with E-state index in [0.717, 1.165) is 18.3 Å². The van der Waals surface area contributed by atoms with Gasteiger partial charge in [0.1, 0.15) is 46.0 Å². The number of pyridine rings is 1. The van der Waals surface area contributed by atoms with Crippen molar-refractivity contribution >= 4 is 52.2 Å². The highest BCUT2D eigenvalue weighted by molar-refractivity contribution is 6.34. The third-order valence-corrected chi connectivity index (χ3v) is 7.43. The van der Waals surface area contributed by atoms with E-state index in [1.165, 1.54) is 40.6 Å². The lowest BCUT2D eigenvalue weighted by Crippen LogP contribution is -2.51. The molecule has 16 heteroatoms. The maximum absolute atomic E-state index is 13.1. The molecule has 1 aromatic carbocycles. The Morgan fingerprint density at radius 1 is 1.21 bits per heavy atom. The number of carbonyl (C=O) groups is 2. The number of carbonyl (C=O) groups excluding carboxylic acids is 2. The Morgan fingerprint density at radius 3 is 2.63 bits per heavy atom. The fourth-order valence-corrected chi connectivity index (χ4v) is 5.20. The summed E-state index contributed by atoms with van der Waals surface area (Å²) in [5.74, 6) is -1.14. The molecule has 5 rings (SSSR count). The summed E-state index contributed by atoms with van der Waals surface area (Å²) in [5.41, 5.74) is 6.21. The van der Waals surface area contributed by atoms with Gasteiger partial charge in [-0.1, -0.05) is 29.3 Å². The molecular weight excluding hydrogens is 614 g/mol. The number of halogens is 5. The molecule has 1 aliphatic rings. The van der Waals surface area contributed by atoms with Gasteiger partial charge in [0.15, 0.2) is 0 Å². The minimum Gasteiger partial charge on any atom is -0.384 e. The number of benzene rings is 1. The van der Waals surface area contributed by atoms with Crippen LogP contribution in [0.5, 0.6) is 0 Å². The van der Waals surface area contributed by atoms with E-state index in [9.17, 15) is 27.9 Å². The lowest BCUT2D eigenvalue weighted by Gasteiger charge is -2.38. The van der Waals surface area contributed by atoms with Gasteiger partial charge < -0.3 is 25.8 Å². The van der Waals surface area contributed by atoms with E-state index >= 15 is 0 Å². The fourth-order valence-electron chi connectivity index (χ4n) is 4.71. The first-order valence-corrected chi connectivity index (χ1v) is 13.6. The number of aliphatic hydroxyl groups is 1. The van der Waals surface area contributed by atoms with Gasteiger partial charge in [-0.3, -0.25) is 14.0 Å². The first kappa shape index (κ1) is 30.5. The average molecular weight is 638 g/mol. The van der Waals surface area contributed by atoms with Crippen LogP contribution in [0.15, 0.2) is 42.7 Å². The van der Waals surface area contributed by atoms with Gasteiger partial charge in [0.25, 0.3) is 11.8 Å². The van der Waals surface area contributed by atoms with E-state index in [1.54, 1.807) is 6.92 Å². The standard InChI is InChI=1S/C27H24Cl2F3N7O4/c1-12-11-43-18(10-38(12)26(42)13(2)40)24-37-21(22-23(33)35-9-19(29)39(22)24)16-4-3-14(7-17(16)28)25(41)36-20-8-15(5-6-34-20)27(30,31)32/h3-9,12-13,18,40H,10-11H2,1-2H3,(H2,33,35)(H,34,36,41)/t12-,13-,18+/m0/s1. The molecule has 3 atom stereocenters. The number of ether oxygens (including phenoxy) is 1. The highest BCUT2D eigenvalue weighted by Gasteiger charge is 2.36. The maximum Gasteiger partial charge on any atom is 0.416 e. The Labute approximate surface area is 252 Å². The number of nitrogens with zero attached hydrogens (tertiary/aromatic N) is 5. The largest absolute Gasteiger partial charge is 0.416 e. The van der Waals surface area contributed by atoms with Crippen molar-refractivity contribution in [2.24, 2.45) is 0 Å². The zero-order valence-corrected chi connectivity index (χ0v) is 24.1. The van der Waals surface area contributed by atoms with E-state index in [1.807, 2.05) is 0 Å². The number of alkyl halides is 3. The number of hydrogen-bond acceptors (Lipinski definition) is 8. The summed E-state index contributed by atoms with van der Waals surface area (Å²) in [4.78, 5) is 39.6. The molecule has 0 unspecified atom stereocenters. The molecule has 0 spiro atoms. The van der Waals surface area contributed by atoms with E-state index < -0.39 is 35.8 Å². The number of nitrogens with two attached hydrogens (primary N) is 1. The van der Waals surface area contributed by atoms with Gasteiger partial charge in [-0.05, 0) is 38.1 Å². The molecular formula is C27H24Cl2F3N7O4. The zero-order valence-electron chi connectivity index (χ0n) is 22.6. The summed E-state index contributed by atoms with van der Waals surface area (Å²) in [6.45, 7) is 3.41. The first-order valence-electron chi connectivity index (χ1n) is 12.8. The second kappa shape index (κ2) is 11.6. The van der Waals surface area contributed by atoms with Crippen LogP contribution in [-0.2, 0) is 15.7 Å². The Kier molecular flexibility index (Phi) is 8.22. The molecule has 4 N–H and O–H groups in total. The van der Waals surface area contributed by atoms with Gasteiger partial charge in [0.05, 0.1) is 36.0 Å². The van der Waals surface area contributed by atoms with Gasteiger partial charge in [-0.2, -0.15) is 13.2 Å². The lowest BCUT2D eigenvalue weighted by atomic mass is 10.1. The second-order valence-corrected chi connectivity index (χ2v) is 10.7. The highest BCUT2D eigenvalue weighted by Crippen LogP contribution is 2.38. The molecule has 0 bridgehead atoms. The topological polar surface area (TPSA) is 148 Å². The van der Waals surface area contributed by atoms with E-state index in [4.69, 9.17) is 38.7 Å². The number of anilines is 2. The molecule has 2 amide bonds. The number of fused-ring (bicyclic) bond motifs is 1. The number of morpholine rings is 1. The predicted octanol–water partition coefficient (Wildman–Crippen LogP) is 4.62. The van der Waals surface area contributed by atoms with Crippen LogP contribution in [-0.4, -0.2) is 66.5 Å². The van der Waals surface area contributed by atoms with Crippen molar-refractivity contribution in [2.45, 2.75) is 38.3 Å². The van der Waals surface area contributed by atoms with Crippen LogP contribution in [0.4, 0.5) is 24.8 Å². The van der Waals surface area contributed by atoms with Crippen molar-refractivity contribution in [3.8, 4) is 11.3 Å². The van der Waals surface area contributed by atoms with E-state index in [0.29, 0.717) is 16.9 Å². The average Bonchev–Trinajstić information content (AvgIpc) is 3.36. The van der Waals surface area contributed by atoms with Gasteiger partial charge >= 0.3 is 6.18 Å². The van der Waals surface area contributed by atoms with Crippen LogP contribution in [0.25, 0.3) is 16.8 Å². The van der Waals surface area contributed by atoms with Crippen LogP contribution in [0.2, 0.25) is 10.2 Å².